The van der Waals surface area contributed by atoms with Gasteiger partial charge in [0, 0.05) is 5.56 Å². The molecular weight excluding hydrogens is 296 g/mol. The van der Waals surface area contributed by atoms with Crippen molar-refractivity contribution in [2.24, 2.45) is 10.8 Å². The van der Waals surface area contributed by atoms with Crippen LogP contribution in [0.4, 0.5) is 0 Å². The van der Waals surface area contributed by atoms with Crippen LogP contribution in [-0.2, 0) is 12.8 Å². The minimum Gasteiger partial charge on any atom is -0.508 e. The number of aromatic hydroxyl groups is 2. The van der Waals surface area contributed by atoms with Crippen LogP contribution in [0.2, 0.25) is 0 Å². The highest BCUT2D eigenvalue weighted by Gasteiger charge is 2.35. The lowest BCUT2D eigenvalue weighted by Gasteiger charge is -2.18. The topological polar surface area (TPSA) is 40.5 Å². The lowest BCUT2D eigenvalue weighted by atomic mass is 9.89. The van der Waals surface area contributed by atoms with Crippen molar-refractivity contribution < 1.29 is 10.2 Å². The van der Waals surface area contributed by atoms with Crippen LogP contribution in [0, 0.1) is 10.8 Å². The summed E-state index contributed by atoms with van der Waals surface area (Å²) in [6.07, 6.45) is 11.4. The van der Waals surface area contributed by atoms with Crippen LogP contribution >= 0.6 is 0 Å². The summed E-state index contributed by atoms with van der Waals surface area (Å²) >= 11 is 0. The second kappa shape index (κ2) is 7.80. The second-order valence-electron chi connectivity index (χ2n) is 9.36. The van der Waals surface area contributed by atoms with E-state index in [1.54, 1.807) is 6.07 Å². The third-order valence-corrected chi connectivity index (χ3v) is 5.53. The largest absolute Gasteiger partial charge is 0.508 e. The van der Waals surface area contributed by atoms with Crippen molar-refractivity contribution in [2.45, 2.75) is 91.9 Å². The van der Waals surface area contributed by atoms with Gasteiger partial charge in [-0.2, -0.15) is 0 Å². The minimum atomic E-state index is 0.248. The van der Waals surface area contributed by atoms with Crippen LogP contribution in [0.1, 0.15) is 90.2 Å². The normalized spacial score (nSPS) is 16.3. The highest BCUT2D eigenvalue weighted by atomic mass is 16.3. The Hall–Kier alpha value is -1.18. The maximum absolute atomic E-state index is 10.5. The summed E-state index contributed by atoms with van der Waals surface area (Å²) in [4.78, 5) is 0. The molecule has 1 aromatic carbocycles. The van der Waals surface area contributed by atoms with Crippen molar-refractivity contribution in [3.05, 3.63) is 23.3 Å². The van der Waals surface area contributed by atoms with E-state index in [0.29, 0.717) is 16.6 Å². The Kier molecular flexibility index (Phi) is 6.22. The van der Waals surface area contributed by atoms with Gasteiger partial charge in [0.1, 0.15) is 11.5 Å². The van der Waals surface area contributed by atoms with Gasteiger partial charge in [-0.15, -0.1) is 0 Å². The third kappa shape index (κ3) is 6.03. The summed E-state index contributed by atoms with van der Waals surface area (Å²) in [6.45, 7) is 9.14. The van der Waals surface area contributed by atoms with Crippen LogP contribution in [-0.4, -0.2) is 10.2 Å². The molecule has 1 aliphatic rings. The van der Waals surface area contributed by atoms with Gasteiger partial charge in [-0.1, -0.05) is 46.6 Å². The molecule has 1 aliphatic carbocycles. The summed E-state index contributed by atoms with van der Waals surface area (Å²) in [6, 6.07) is 3.65. The summed E-state index contributed by atoms with van der Waals surface area (Å²) in [5.41, 5.74) is 2.72. The van der Waals surface area contributed by atoms with Gasteiger partial charge in [0.2, 0.25) is 0 Å². The Labute approximate surface area is 148 Å². The van der Waals surface area contributed by atoms with Gasteiger partial charge >= 0.3 is 0 Å². The molecule has 0 spiro atoms. The van der Waals surface area contributed by atoms with E-state index in [2.05, 4.69) is 27.7 Å². The molecule has 2 rings (SSSR count). The van der Waals surface area contributed by atoms with Crippen LogP contribution in [0.25, 0.3) is 0 Å². The SMILES string of the molecule is CC(C)(C)CCCCc1c(O)ccc(CCCCC2(C)CC2)c1O. The number of phenolic OH excluding ortho intramolecular Hbond substituents is 2. The van der Waals surface area contributed by atoms with Crippen LogP contribution in [0.15, 0.2) is 12.1 Å². The van der Waals surface area contributed by atoms with E-state index in [4.69, 9.17) is 0 Å². The Balaban J connectivity index is 1.83. The van der Waals surface area contributed by atoms with E-state index in [0.717, 1.165) is 43.2 Å². The number of benzene rings is 1. The molecule has 0 amide bonds. The van der Waals surface area contributed by atoms with Gasteiger partial charge in [0.25, 0.3) is 0 Å². The van der Waals surface area contributed by atoms with Crippen molar-refractivity contribution >= 4 is 0 Å². The first-order chi connectivity index (χ1) is 11.2. The molecule has 136 valence electrons. The van der Waals surface area contributed by atoms with E-state index >= 15 is 0 Å². The fourth-order valence-corrected chi connectivity index (χ4v) is 3.41. The van der Waals surface area contributed by atoms with E-state index < -0.39 is 0 Å². The average molecular weight is 333 g/mol. The van der Waals surface area contributed by atoms with Gasteiger partial charge in [-0.25, -0.2) is 0 Å². The first-order valence-electron chi connectivity index (χ1n) is 9.73. The fraction of sp³-hybridized carbons (Fsp3) is 0.727. The third-order valence-electron chi connectivity index (χ3n) is 5.53. The van der Waals surface area contributed by atoms with Gasteiger partial charge in [0.05, 0.1) is 0 Å². The molecule has 0 atom stereocenters. The quantitative estimate of drug-likeness (QED) is 0.516. The number of rotatable bonds is 9. The van der Waals surface area contributed by atoms with Crippen molar-refractivity contribution in [2.75, 3.05) is 0 Å². The maximum atomic E-state index is 10.5. The zero-order valence-corrected chi connectivity index (χ0v) is 16.1. The fourth-order valence-electron chi connectivity index (χ4n) is 3.41. The van der Waals surface area contributed by atoms with Gasteiger partial charge in [-0.3, -0.25) is 0 Å². The highest BCUT2D eigenvalue weighted by molar-refractivity contribution is 5.48. The first kappa shape index (κ1) is 19.1. The van der Waals surface area contributed by atoms with Gasteiger partial charge in [-0.05, 0) is 73.8 Å². The molecule has 0 bridgehead atoms. The maximum Gasteiger partial charge on any atom is 0.125 e. The summed E-state index contributed by atoms with van der Waals surface area (Å²) in [7, 11) is 0. The predicted molar refractivity (Wildman–Crippen MR) is 102 cm³/mol. The van der Waals surface area contributed by atoms with Gasteiger partial charge < -0.3 is 10.2 Å². The summed E-state index contributed by atoms with van der Waals surface area (Å²) in [5, 5.41) is 20.6. The van der Waals surface area contributed by atoms with Crippen molar-refractivity contribution in [1.82, 2.24) is 0 Å². The lowest BCUT2D eigenvalue weighted by Crippen LogP contribution is -2.04. The zero-order valence-electron chi connectivity index (χ0n) is 16.1. The smallest absolute Gasteiger partial charge is 0.125 e. The molecule has 0 radical (unpaired) electrons. The Morgan fingerprint density at radius 2 is 1.62 bits per heavy atom. The average Bonchev–Trinajstić information content (AvgIpc) is 3.21. The molecule has 1 fully saturated rings. The number of aryl methyl sites for hydroxylation is 1. The molecule has 0 aliphatic heterocycles. The molecule has 1 aromatic rings. The molecule has 2 heteroatoms. The van der Waals surface area contributed by atoms with E-state index in [9.17, 15) is 10.2 Å². The molecule has 2 N–H and O–H groups in total. The number of hydrogen-bond acceptors (Lipinski definition) is 2. The van der Waals surface area contributed by atoms with Crippen LogP contribution in [0.3, 0.4) is 0 Å². The molecule has 0 aromatic heterocycles. The van der Waals surface area contributed by atoms with Gasteiger partial charge in [0.15, 0.2) is 0 Å². The van der Waals surface area contributed by atoms with E-state index in [-0.39, 0.29) is 5.75 Å². The Morgan fingerprint density at radius 1 is 0.958 bits per heavy atom. The first-order valence-corrected chi connectivity index (χ1v) is 9.73. The highest BCUT2D eigenvalue weighted by Crippen LogP contribution is 2.49. The van der Waals surface area contributed by atoms with Crippen molar-refractivity contribution in [1.29, 1.82) is 0 Å². The molecule has 0 saturated heterocycles. The molecule has 1 saturated carbocycles. The second-order valence-corrected chi connectivity index (χ2v) is 9.36. The Bertz CT molecular complexity index is 536. The molecule has 0 unspecified atom stereocenters. The minimum absolute atomic E-state index is 0.248. The Morgan fingerprint density at radius 3 is 2.25 bits per heavy atom. The lowest BCUT2D eigenvalue weighted by molar-refractivity contribution is 0.358. The molecule has 24 heavy (non-hydrogen) atoms. The van der Waals surface area contributed by atoms with E-state index in [1.807, 2.05) is 6.07 Å². The predicted octanol–water partition coefficient (Wildman–Crippen LogP) is 6.37. The molecular formula is C22H36O2. The standard InChI is InChI=1S/C22H36O2/c1-21(2,3)13-7-6-10-18-19(23)12-11-17(20(18)24)9-5-8-14-22(4)15-16-22/h11-12,23-24H,5-10,13-16H2,1-4H3. The molecule has 2 nitrogen and oxygen atoms in total. The summed E-state index contributed by atoms with van der Waals surface area (Å²) in [5.74, 6) is 0.584. The number of hydrogen-bond donors (Lipinski definition) is 2. The molecule has 0 heterocycles. The van der Waals surface area contributed by atoms with Crippen LogP contribution < -0.4 is 0 Å². The zero-order chi connectivity index (χ0) is 17.8. The number of unbranched alkanes of at least 4 members (excludes halogenated alkanes) is 2. The van der Waals surface area contributed by atoms with Crippen molar-refractivity contribution in [3.8, 4) is 11.5 Å². The summed E-state index contributed by atoms with van der Waals surface area (Å²) < 4.78 is 0. The monoisotopic (exact) mass is 332 g/mol. The van der Waals surface area contributed by atoms with Crippen molar-refractivity contribution in [3.63, 3.8) is 0 Å². The number of phenols is 2. The van der Waals surface area contributed by atoms with Crippen LogP contribution in [0.5, 0.6) is 11.5 Å². The van der Waals surface area contributed by atoms with E-state index in [1.165, 1.54) is 32.1 Å².